The molecule has 0 saturated carbocycles. The fraction of sp³-hybridized carbons (Fsp3) is 0.455. The molecule has 70 valence electrons. The molecule has 0 unspecified atom stereocenters. The van der Waals surface area contributed by atoms with Crippen LogP contribution in [0.25, 0.3) is 0 Å². The molecule has 1 heterocycles. The van der Waals surface area contributed by atoms with Gasteiger partial charge in [-0.05, 0) is 43.5 Å². The Kier molecular flexibility index (Phi) is 2.50. The summed E-state index contributed by atoms with van der Waals surface area (Å²) in [7, 11) is 0. The molecule has 2 rings (SSSR count). The molecule has 1 fully saturated rings. The third-order valence-electron chi connectivity index (χ3n) is 2.77. The van der Waals surface area contributed by atoms with Crippen LogP contribution >= 0.6 is 0 Å². The molecule has 1 aromatic carbocycles. The lowest BCUT2D eigenvalue weighted by Gasteiger charge is -2.23. The maximum atomic E-state index is 5.93. The van der Waals surface area contributed by atoms with Gasteiger partial charge in [-0.1, -0.05) is 18.2 Å². The quantitative estimate of drug-likeness (QED) is 0.640. The second kappa shape index (κ2) is 3.79. The minimum Gasteiger partial charge on any atom is -0.398 e. The number of para-hydroxylation sites is 1. The zero-order valence-corrected chi connectivity index (χ0v) is 7.79. The molecule has 0 radical (unpaired) electrons. The molecule has 3 N–H and O–H groups in total. The molecule has 0 aromatic heterocycles. The van der Waals surface area contributed by atoms with E-state index in [9.17, 15) is 0 Å². The summed E-state index contributed by atoms with van der Waals surface area (Å²) in [5, 5.41) is 3.36. The van der Waals surface area contributed by atoms with E-state index in [-0.39, 0.29) is 0 Å². The first-order valence-corrected chi connectivity index (χ1v) is 4.93. The standard InChI is InChI=1S/C11H16N2/c12-11-4-2-1-3-10(11)9-5-7-13-8-6-9/h1-4,9,13H,5-8,12H2. The Morgan fingerprint density at radius 1 is 1.15 bits per heavy atom. The Bertz CT molecular complexity index is 277. The molecule has 0 aliphatic carbocycles. The molecule has 0 amide bonds. The first-order chi connectivity index (χ1) is 6.38. The van der Waals surface area contributed by atoms with Gasteiger partial charge >= 0.3 is 0 Å². The summed E-state index contributed by atoms with van der Waals surface area (Å²) in [6.45, 7) is 2.25. The van der Waals surface area contributed by atoms with E-state index in [2.05, 4.69) is 17.4 Å². The normalized spacial score (nSPS) is 18.8. The highest BCUT2D eigenvalue weighted by Crippen LogP contribution is 2.28. The first-order valence-electron chi connectivity index (χ1n) is 4.93. The molecule has 1 aromatic rings. The molecule has 1 saturated heterocycles. The van der Waals surface area contributed by atoms with E-state index in [4.69, 9.17) is 5.73 Å². The third-order valence-corrected chi connectivity index (χ3v) is 2.77. The summed E-state index contributed by atoms with van der Waals surface area (Å²) in [6, 6.07) is 8.23. The van der Waals surface area contributed by atoms with Crippen molar-refractivity contribution in [2.75, 3.05) is 18.8 Å². The molecular formula is C11H16N2. The Hall–Kier alpha value is -1.02. The molecule has 0 spiro atoms. The van der Waals surface area contributed by atoms with Gasteiger partial charge in [0, 0.05) is 5.69 Å². The third kappa shape index (κ3) is 1.83. The molecule has 1 aliphatic heterocycles. The van der Waals surface area contributed by atoms with Crippen LogP contribution in [0.4, 0.5) is 5.69 Å². The van der Waals surface area contributed by atoms with Gasteiger partial charge in [-0.15, -0.1) is 0 Å². The Morgan fingerprint density at radius 3 is 2.54 bits per heavy atom. The number of piperidine rings is 1. The van der Waals surface area contributed by atoms with Crippen molar-refractivity contribution in [3.05, 3.63) is 29.8 Å². The zero-order chi connectivity index (χ0) is 9.10. The number of nitrogens with two attached hydrogens (primary N) is 1. The van der Waals surface area contributed by atoms with Gasteiger partial charge in [0.2, 0.25) is 0 Å². The maximum absolute atomic E-state index is 5.93. The van der Waals surface area contributed by atoms with Crippen LogP contribution < -0.4 is 11.1 Å². The van der Waals surface area contributed by atoms with E-state index in [1.165, 1.54) is 18.4 Å². The number of rotatable bonds is 1. The minimum atomic E-state index is 0.669. The van der Waals surface area contributed by atoms with E-state index in [1.54, 1.807) is 0 Å². The summed E-state index contributed by atoms with van der Waals surface area (Å²) in [4.78, 5) is 0. The van der Waals surface area contributed by atoms with Crippen molar-refractivity contribution < 1.29 is 0 Å². The number of hydrogen-bond acceptors (Lipinski definition) is 2. The topological polar surface area (TPSA) is 38.0 Å². The number of nitrogens with one attached hydrogen (secondary N) is 1. The van der Waals surface area contributed by atoms with Crippen molar-refractivity contribution in [1.29, 1.82) is 0 Å². The minimum absolute atomic E-state index is 0.669. The fourth-order valence-corrected chi connectivity index (χ4v) is 2.02. The molecule has 13 heavy (non-hydrogen) atoms. The van der Waals surface area contributed by atoms with Crippen LogP contribution in [0.3, 0.4) is 0 Å². The highest BCUT2D eigenvalue weighted by atomic mass is 14.9. The summed E-state index contributed by atoms with van der Waals surface area (Å²) in [5.41, 5.74) is 8.22. The molecule has 2 nitrogen and oxygen atoms in total. The van der Waals surface area contributed by atoms with Crippen LogP contribution in [0, 0.1) is 0 Å². The molecule has 2 heteroatoms. The lowest BCUT2D eigenvalue weighted by Crippen LogP contribution is -2.26. The van der Waals surface area contributed by atoms with Crippen LogP contribution in [0.1, 0.15) is 24.3 Å². The summed E-state index contributed by atoms with van der Waals surface area (Å²) >= 11 is 0. The summed E-state index contributed by atoms with van der Waals surface area (Å²) in [5.74, 6) is 0.669. The van der Waals surface area contributed by atoms with Crippen molar-refractivity contribution in [3.8, 4) is 0 Å². The Morgan fingerprint density at radius 2 is 1.85 bits per heavy atom. The van der Waals surface area contributed by atoms with Gasteiger partial charge < -0.3 is 11.1 Å². The van der Waals surface area contributed by atoms with Crippen LogP contribution in [-0.4, -0.2) is 13.1 Å². The SMILES string of the molecule is Nc1ccccc1C1CCNCC1. The number of hydrogen-bond donors (Lipinski definition) is 2. The van der Waals surface area contributed by atoms with E-state index in [0.717, 1.165) is 18.8 Å². The predicted octanol–water partition coefficient (Wildman–Crippen LogP) is 1.74. The smallest absolute Gasteiger partial charge is 0.0349 e. The van der Waals surface area contributed by atoms with E-state index in [1.807, 2.05) is 12.1 Å². The fourth-order valence-electron chi connectivity index (χ4n) is 2.02. The Balaban J connectivity index is 2.18. The van der Waals surface area contributed by atoms with Crippen molar-refractivity contribution in [2.45, 2.75) is 18.8 Å². The van der Waals surface area contributed by atoms with Gasteiger partial charge in [-0.25, -0.2) is 0 Å². The number of benzene rings is 1. The molecule has 0 atom stereocenters. The first kappa shape index (κ1) is 8.57. The van der Waals surface area contributed by atoms with Crippen LogP contribution in [0.5, 0.6) is 0 Å². The molecule has 0 bridgehead atoms. The monoisotopic (exact) mass is 176 g/mol. The van der Waals surface area contributed by atoms with Gasteiger partial charge in [0.05, 0.1) is 0 Å². The lowest BCUT2D eigenvalue weighted by molar-refractivity contribution is 0.461. The van der Waals surface area contributed by atoms with Gasteiger partial charge in [0.1, 0.15) is 0 Å². The molecular weight excluding hydrogens is 160 g/mol. The van der Waals surface area contributed by atoms with Crippen molar-refractivity contribution in [2.24, 2.45) is 0 Å². The van der Waals surface area contributed by atoms with Gasteiger partial charge in [-0.3, -0.25) is 0 Å². The maximum Gasteiger partial charge on any atom is 0.0349 e. The molecule has 1 aliphatic rings. The second-order valence-corrected chi connectivity index (χ2v) is 3.65. The van der Waals surface area contributed by atoms with Crippen LogP contribution in [0.2, 0.25) is 0 Å². The number of nitrogen functional groups attached to an aromatic ring is 1. The highest BCUT2D eigenvalue weighted by molar-refractivity contribution is 5.48. The average molecular weight is 176 g/mol. The van der Waals surface area contributed by atoms with Crippen LogP contribution in [0.15, 0.2) is 24.3 Å². The van der Waals surface area contributed by atoms with Gasteiger partial charge in [-0.2, -0.15) is 0 Å². The second-order valence-electron chi connectivity index (χ2n) is 3.65. The predicted molar refractivity (Wildman–Crippen MR) is 55.7 cm³/mol. The lowest BCUT2D eigenvalue weighted by atomic mass is 9.89. The average Bonchev–Trinajstić information content (AvgIpc) is 2.20. The van der Waals surface area contributed by atoms with Crippen molar-refractivity contribution in [1.82, 2.24) is 5.32 Å². The zero-order valence-electron chi connectivity index (χ0n) is 7.79. The Labute approximate surface area is 79.1 Å². The van der Waals surface area contributed by atoms with E-state index >= 15 is 0 Å². The largest absolute Gasteiger partial charge is 0.398 e. The van der Waals surface area contributed by atoms with Crippen molar-refractivity contribution >= 4 is 5.69 Å². The van der Waals surface area contributed by atoms with E-state index < -0.39 is 0 Å². The summed E-state index contributed by atoms with van der Waals surface area (Å²) < 4.78 is 0. The highest BCUT2D eigenvalue weighted by Gasteiger charge is 2.16. The van der Waals surface area contributed by atoms with Crippen molar-refractivity contribution in [3.63, 3.8) is 0 Å². The van der Waals surface area contributed by atoms with Crippen LogP contribution in [-0.2, 0) is 0 Å². The number of anilines is 1. The van der Waals surface area contributed by atoms with Gasteiger partial charge in [0.25, 0.3) is 0 Å². The van der Waals surface area contributed by atoms with E-state index in [0.29, 0.717) is 5.92 Å². The summed E-state index contributed by atoms with van der Waals surface area (Å²) in [6.07, 6.45) is 2.43. The van der Waals surface area contributed by atoms with Gasteiger partial charge in [0.15, 0.2) is 0 Å².